The van der Waals surface area contributed by atoms with Crippen molar-refractivity contribution in [3.05, 3.63) is 30.0 Å². The first kappa shape index (κ1) is 1.87. The highest BCUT2D eigenvalue weighted by molar-refractivity contribution is 5.24. The summed E-state index contributed by atoms with van der Waals surface area (Å²) in [4.78, 5) is 3.29. The first-order valence-electron chi connectivity index (χ1n) is 3.92. The standard InChI is InChI=1S/C6H4N2/c7-5-6-1-3-8-4-2-6/h1-4H/i1D,2D,3D,4D. The van der Waals surface area contributed by atoms with Gasteiger partial charge in [-0.25, -0.2) is 0 Å². The van der Waals surface area contributed by atoms with E-state index in [1.165, 1.54) is 0 Å². The van der Waals surface area contributed by atoms with E-state index in [1.54, 1.807) is 6.07 Å². The average molecular weight is 108 g/mol. The van der Waals surface area contributed by atoms with Crippen molar-refractivity contribution in [3.63, 3.8) is 0 Å². The lowest BCUT2D eigenvalue weighted by atomic mass is 10.3. The molecule has 0 aromatic carbocycles. The number of hydrogen-bond acceptors (Lipinski definition) is 2. The molecule has 38 valence electrons. The van der Waals surface area contributed by atoms with Crippen molar-refractivity contribution >= 4 is 0 Å². The minimum atomic E-state index is -0.437. The summed E-state index contributed by atoms with van der Waals surface area (Å²) in [5, 5.41) is 8.46. The Morgan fingerprint density at radius 1 is 1.62 bits per heavy atom. The van der Waals surface area contributed by atoms with Crippen LogP contribution in [0, 0.1) is 11.3 Å². The molecule has 2 heteroatoms. The molecule has 1 heterocycles. The summed E-state index contributed by atoms with van der Waals surface area (Å²) < 4.78 is 28.4. The van der Waals surface area contributed by atoms with E-state index < -0.39 is 24.4 Å². The van der Waals surface area contributed by atoms with Gasteiger partial charge >= 0.3 is 0 Å². The fourth-order valence-electron chi connectivity index (χ4n) is 0.283. The van der Waals surface area contributed by atoms with E-state index >= 15 is 0 Å². The Labute approximate surface area is 53.0 Å². The van der Waals surface area contributed by atoms with E-state index in [0.717, 1.165) is 0 Å². The van der Waals surface area contributed by atoms with Crippen LogP contribution < -0.4 is 0 Å². The lowest BCUT2D eigenvalue weighted by molar-refractivity contribution is 1.31. The van der Waals surface area contributed by atoms with Gasteiger partial charge in [0.1, 0.15) is 0 Å². The molecular weight excluding hydrogens is 100 g/mol. The van der Waals surface area contributed by atoms with Crippen LogP contribution in [0.1, 0.15) is 11.0 Å². The predicted octanol–water partition coefficient (Wildman–Crippen LogP) is 0.953. The first-order chi connectivity index (χ1) is 5.57. The van der Waals surface area contributed by atoms with Crippen LogP contribution in [0.15, 0.2) is 24.4 Å². The summed E-state index contributed by atoms with van der Waals surface area (Å²) in [7, 11) is 0. The van der Waals surface area contributed by atoms with E-state index in [4.69, 9.17) is 10.7 Å². The highest BCUT2D eigenvalue weighted by Gasteiger charge is 1.80. The average Bonchev–Trinajstić information content (AvgIpc) is 2.02. The summed E-state index contributed by atoms with van der Waals surface area (Å²) in [6, 6.07) is 0.810. The van der Waals surface area contributed by atoms with Crippen molar-refractivity contribution in [1.82, 2.24) is 4.98 Å². The molecule has 0 amide bonds. The highest BCUT2D eigenvalue weighted by Crippen LogP contribution is 1.89. The second kappa shape index (κ2) is 2.08. The van der Waals surface area contributed by atoms with Crippen molar-refractivity contribution in [2.24, 2.45) is 0 Å². The van der Waals surface area contributed by atoms with E-state index in [0.29, 0.717) is 0 Å². The Morgan fingerprint density at radius 2 is 2.25 bits per heavy atom. The summed E-state index contributed by atoms with van der Waals surface area (Å²) in [5.41, 5.74) is -0.264. The summed E-state index contributed by atoms with van der Waals surface area (Å²) in [6.07, 6.45) is -0.875. The lowest BCUT2D eigenvalue weighted by Crippen LogP contribution is -1.71. The fourth-order valence-corrected chi connectivity index (χ4v) is 0.283. The zero-order valence-electron chi connectivity index (χ0n) is 7.89. The molecule has 1 rings (SSSR count). The van der Waals surface area contributed by atoms with Crippen molar-refractivity contribution in [2.75, 3.05) is 0 Å². The molecule has 0 unspecified atom stereocenters. The molecule has 0 saturated carbocycles. The Hall–Kier alpha value is -1.36. The maximum absolute atomic E-state index is 8.46. The molecule has 2 nitrogen and oxygen atoms in total. The van der Waals surface area contributed by atoms with Crippen LogP contribution >= 0.6 is 0 Å². The van der Waals surface area contributed by atoms with Gasteiger partial charge < -0.3 is 0 Å². The molecule has 0 fully saturated rings. The Bertz CT molecular complexity index is 343. The van der Waals surface area contributed by atoms with E-state index in [-0.39, 0.29) is 5.56 Å². The number of aromatic nitrogens is 1. The van der Waals surface area contributed by atoms with Crippen molar-refractivity contribution in [2.45, 2.75) is 0 Å². The summed E-state index contributed by atoms with van der Waals surface area (Å²) in [5.74, 6) is 0. The quantitative estimate of drug-likeness (QED) is 0.496. The normalized spacial score (nSPS) is 14.9. The van der Waals surface area contributed by atoms with Crippen LogP contribution in [0.4, 0.5) is 0 Å². The van der Waals surface area contributed by atoms with Gasteiger partial charge in [0.2, 0.25) is 0 Å². The second-order valence-electron chi connectivity index (χ2n) is 1.07. The van der Waals surface area contributed by atoms with E-state index in [9.17, 15) is 0 Å². The number of pyridine rings is 1. The van der Waals surface area contributed by atoms with Crippen LogP contribution in [0.25, 0.3) is 0 Å². The first-order valence-corrected chi connectivity index (χ1v) is 1.92. The van der Waals surface area contributed by atoms with Gasteiger partial charge in [-0.2, -0.15) is 5.26 Å². The molecule has 0 atom stereocenters. The van der Waals surface area contributed by atoms with Crippen molar-refractivity contribution < 1.29 is 5.48 Å². The smallest absolute Gasteiger partial charge is 0.0992 e. The minimum absolute atomic E-state index is 0.264. The van der Waals surface area contributed by atoms with Gasteiger partial charge in [-0.3, -0.25) is 4.98 Å². The largest absolute Gasteiger partial charge is 0.265 e. The third-order valence-corrected chi connectivity index (χ3v) is 0.585. The van der Waals surface area contributed by atoms with Gasteiger partial charge in [0.15, 0.2) is 0 Å². The molecule has 0 saturated heterocycles. The van der Waals surface area contributed by atoms with Gasteiger partial charge in [-0.15, -0.1) is 0 Å². The van der Waals surface area contributed by atoms with Crippen LogP contribution in [0.5, 0.6) is 0 Å². The van der Waals surface area contributed by atoms with Gasteiger partial charge in [0.25, 0.3) is 0 Å². The molecular formula is C6H4N2. The third-order valence-electron chi connectivity index (χ3n) is 0.585. The minimum Gasteiger partial charge on any atom is -0.265 e. The molecule has 8 heavy (non-hydrogen) atoms. The molecule has 0 radical (unpaired) electrons. The monoisotopic (exact) mass is 108 g/mol. The number of rotatable bonds is 0. The van der Waals surface area contributed by atoms with Crippen molar-refractivity contribution in [1.29, 1.82) is 5.26 Å². The third kappa shape index (κ3) is 0.824. The molecule has 0 aliphatic rings. The molecule has 0 aliphatic heterocycles. The topological polar surface area (TPSA) is 36.7 Å². The molecule has 1 aromatic heterocycles. The summed E-state index contributed by atoms with van der Waals surface area (Å²) in [6.45, 7) is 0. The Kier molecular flexibility index (Phi) is 0.485. The van der Waals surface area contributed by atoms with Gasteiger partial charge in [0, 0.05) is 12.3 Å². The van der Waals surface area contributed by atoms with Crippen LogP contribution in [0.3, 0.4) is 0 Å². The van der Waals surface area contributed by atoms with Gasteiger partial charge in [0.05, 0.1) is 17.1 Å². The Balaban J connectivity index is 3.56. The number of nitriles is 1. The molecule has 0 spiro atoms. The van der Waals surface area contributed by atoms with Crippen molar-refractivity contribution in [3.8, 4) is 6.07 Å². The highest BCUT2D eigenvalue weighted by atomic mass is 14.6. The summed E-state index contributed by atoms with van der Waals surface area (Å²) >= 11 is 0. The SMILES string of the molecule is [2H]c1nc([2H])c([2H])c(C#N)c1[2H]. The maximum Gasteiger partial charge on any atom is 0.0992 e. The Morgan fingerprint density at radius 3 is 2.75 bits per heavy atom. The van der Waals surface area contributed by atoms with Crippen LogP contribution in [-0.2, 0) is 0 Å². The molecule has 1 aromatic rings. The fraction of sp³-hybridized carbons (Fsp3) is 0. The lowest BCUT2D eigenvalue weighted by Gasteiger charge is -1.79. The number of nitrogens with zero attached hydrogens (tertiary/aromatic N) is 2. The van der Waals surface area contributed by atoms with E-state index in [1.807, 2.05) is 0 Å². The molecule has 0 bridgehead atoms. The van der Waals surface area contributed by atoms with Gasteiger partial charge in [-0.05, 0) is 12.1 Å². The maximum atomic E-state index is 8.46. The van der Waals surface area contributed by atoms with Crippen LogP contribution in [0.2, 0.25) is 0 Å². The zero-order chi connectivity index (χ0) is 9.30. The number of hydrogen-bond donors (Lipinski definition) is 0. The molecule has 0 N–H and O–H groups in total. The van der Waals surface area contributed by atoms with Gasteiger partial charge in [-0.1, -0.05) is 0 Å². The van der Waals surface area contributed by atoms with E-state index in [2.05, 4.69) is 4.98 Å². The predicted molar refractivity (Wildman–Crippen MR) is 29.0 cm³/mol. The zero-order valence-corrected chi connectivity index (χ0v) is 3.89. The van der Waals surface area contributed by atoms with Crippen LogP contribution in [-0.4, -0.2) is 4.98 Å². The molecule has 0 aliphatic carbocycles. The second-order valence-corrected chi connectivity index (χ2v) is 1.07.